The van der Waals surface area contributed by atoms with Gasteiger partial charge in [0.2, 0.25) is 0 Å². The largest absolute Gasteiger partial charge is 0.489 e. The van der Waals surface area contributed by atoms with Gasteiger partial charge in [0, 0.05) is 0 Å². The Kier molecular flexibility index (Phi) is 6.40. The quantitative estimate of drug-likeness (QED) is 0.603. The van der Waals surface area contributed by atoms with Crippen LogP contribution in [0.3, 0.4) is 0 Å². The van der Waals surface area contributed by atoms with E-state index in [1.807, 2.05) is 30.3 Å². The summed E-state index contributed by atoms with van der Waals surface area (Å²) in [5.41, 5.74) is -2.70. The molecule has 0 bridgehead atoms. The smallest absolute Gasteiger partial charge is 0.437 e. The van der Waals surface area contributed by atoms with Crippen molar-refractivity contribution in [2.45, 2.75) is 31.5 Å². The van der Waals surface area contributed by atoms with Crippen LogP contribution in [-0.4, -0.2) is 35.6 Å². The number of aliphatic hydroxyl groups is 1. The number of rotatable bonds is 6. The molecule has 0 spiro atoms. The Balaban J connectivity index is 1.87. The maximum atomic E-state index is 13.6. The van der Waals surface area contributed by atoms with E-state index in [-0.39, 0.29) is 18.8 Å². The van der Waals surface area contributed by atoms with Crippen molar-refractivity contribution in [3.63, 3.8) is 0 Å². The lowest BCUT2D eigenvalue weighted by Gasteiger charge is -2.44. The van der Waals surface area contributed by atoms with Crippen molar-refractivity contribution in [1.82, 2.24) is 10.6 Å². The predicted octanol–water partition coefficient (Wildman–Crippen LogP) is 3.05. The summed E-state index contributed by atoms with van der Waals surface area (Å²) in [7, 11) is 0. The lowest BCUT2D eigenvalue weighted by molar-refractivity contribution is -0.294. The highest BCUT2D eigenvalue weighted by atomic mass is 19.4. The van der Waals surface area contributed by atoms with Gasteiger partial charge in [-0.2, -0.15) is 13.2 Å². The van der Waals surface area contributed by atoms with Crippen molar-refractivity contribution in [3.8, 4) is 5.75 Å². The third kappa shape index (κ3) is 4.74. The predicted molar refractivity (Wildman–Crippen MR) is 103 cm³/mol. The number of alkyl halides is 3. The molecular weight excluding hydrogens is 417 g/mol. The molecule has 10 heteroatoms. The Morgan fingerprint density at radius 1 is 1.13 bits per heavy atom. The minimum atomic E-state index is -5.32. The van der Waals surface area contributed by atoms with Crippen LogP contribution in [0.25, 0.3) is 0 Å². The Morgan fingerprint density at radius 3 is 2.35 bits per heavy atom. The molecule has 0 unspecified atom stereocenters. The normalized spacial score (nSPS) is 23.5. The summed E-state index contributed by atoms with van der Waals surface area (Å²) >= 11 is 0. The van der Waals surface area contributed by atoms with Gasteiger partial charge in [0.1, 0.15) is 18.3 Å². The van der Waals surface area contributed by atoms with E-state index in [4.69, 9.17) is 9.47 Å². The van der Waals surface area contributed by atoms with E-state index in [2.05, 4.69) is 5.32 Å². The number of nitrogens with one attached hydrogen (secondary N) is 2. The van der Waals surface area contributed by atoms with Crippen LogP contribution in [0.5, 0.6) is 5.75 Å². The fourth-order valence-corrected chi connectivity index (χ4v) is 3.33. The van der Waals surface area contributed by atoms with E-state index in [9.17, 15) is 27.9 Å². The number of halogens is 3. The second kappa shape index (κ2) is 8.84. The van der Waals surface area contributed by atoms with E-state index in [0.29, 0.717) is 5.75 Å². The van der Waals surface area contributed by atoms with Crippen LogP contribution in [0.2, 0.25) is 0 Å². The monoisotopic (exact) mass is 438 g/mol. The number of ether oxygens (including phenoxy) is 2. The first-order chi connectivity index (χ1) is 14.7. The molecule has 2 aromatic rings. The van der Waals surface area contributed by atoms with Gasteiger partial charge in [-0.3, -0.25) is 4.79 Å². The Morgan fingerprint density at radius 2 is 1.77 bits per heavy atom. The van der Waals surface area contributed by atoms with E-state index in [0.717, 1.165) is 5.56 Å². The highest BCUT2D eigenvalue weighted by molar-refractivity contribution is 5.83. The van der Waals surface area contributed by atoms with E-state index < -0.39 is 35.9 Å². The fraction of sp³-hybridized carbons (Fsp3) is 0.333. The average molecular weight is 438 g/mol. The molecule has 0 saturated carbocycles. The van der Waals surface area contributed by atoms with Crippen LogP contribution in [0.1, 0.15) is 24.1 Å². The van der Waals surface area contributed by atoms with Crippen molar-refractivity contribution < 1.29 is 37.3 Å². The molecule has 1 aliphatic heterocycles. The molecule has 1 aliphatic rings. The third-order valence-electron chi connectivity index (χ3n) is 4.83. The molecule has 0 aromatic heterocycles. The minimum absolute atomic E-state index is 0.169. The zero-order chi connectivity index (χ0) is 22.6. The Labute approximate surface area is 176 Å². The molecule has 166 valence electrons. The van der Waals surface area contributed by atoms with Crippen molar-refractivity contribution in [2.24, 2.45) is 5.92 Å². The number of benzene rings is 2. The molecular formula is C21H21F3N2O5. The molecule has 0 aliphatic carbocycles. The van der Waals surface area contributed by atoms with Gasteiger partial charge < -0.3 is 25.2 Å². The fourth-order valence-electron chi connectivity index (χ4n) is 3.33. The number of amides is 2. The molecule has 0 radical (unpaired) electrons. The molecule has 1 heterocycles. The number of carbonyl (C=O) groups is 2. The molecule has 7 nitrogen and oxygen atoms in total. The first-order valence-electron chi connectivity index (χ1n) is 9.47. The van der Waals surface area contributed by atoms with Gasteiger partial charge in [-0.25, -0.2) is 4.79 Å². The molecule has 2 aromatic carbocycles. The van der Waals surface area contributed by atoms with Crippen LogP contribution in [0.15, 0.2) is 54.6 Å². The number of hydrogen-bond donors (Lipinski definition) is 3. The highest BCUT2D eigenvalue weighted by Crippen LogP contribution is 2.43. The second-order valence-electron chi connectivity index (χ2n) is 6.91. The lowest BCUT2D eigenvalue weighted by Crippen LogP contribution is -2.73. The van der Waals surface area contributed by atoms with Crippen LogP contribution in [0.4, 0.5) is 18.0 Å². The second-order valence-corrected chi connectivity index (χ2v) is 6.91. The zero-order valence-corrected chi connectivity index (χ0v) is 16.5. The van der Waals surface area contributed by atoms with E-state index >= 15 is 0 Å². The third-order valence-corrected chi connectivity index (χ3v) is 4.83. The van der Waals surface area contributed by atoms with Gasteiger partial charge in [-0.1, -0.05) is 42.5 Å². The van der Waals surface area contributed by atoms with E-state index in [1.54, 1.807) is 0 Å². The number of carbonyl (C=O) groups excluding carboxylic acids is 2. The highest BCUT2D eigenvalue weighted by Gasteiger charge is 2.67. The number of urea groups is 1. The van der Waals surface area contributed by atoms with Crippen LogP contribution in [0, 0.1) is 5.92 Å². The molecule has 3 atom stereocenters. The van der Waals surface area contributed by atoms with Crippen molar-refractivity contribution in [1.29, 1.82) is 0 Å². The summed E-state index contributed by atoms with van der Waals surface area (Å²) in [6.45, 7) is 1.51. The number of esters is 1. The van der Waals surface area contributed by atoms with Crippen LogP contribution in [-0.2, 0) is 16.1 Å². The molecule has 1 fully saturated rings. The van der Waals surface area contributed by atoms with Gasteiger partial charge in [0.25, 0.3) is 5.72 Å². The molecule has 31 heavy (non-hydrogen) atoms. The maximum absolute atomic E-state index is 13.6. The summed E-state index contributed by atoms with van der Waals surface area (Å²) in [6, 6.07) is 12.4. The summed E-state index contributed by atoms with van der Waals surface area (Å²) < 4.78 is 51.3. The van der Waals surface area contributed by atoms with Crippen molar-refractivity contribution in [2.75, 3.05) is 6.61 Å². The maximum Gasteiger partial charge on any atom is 0.437 e. The van der Waals surface area contributed by atoms with Gasteiger partial charge in [-0.05, 0) is 30.2 Å². The van der Waals surface area contributed by atoms with Gasteiger partial charge in [0.15, 0.2) is 0 Å². The number of hydrogen-bond acceptors (Lipinski definition) is 5. The SMILES string of the molecule is CCOC(=O)[C@H]1[C@H](c2ccc(OCc3ccccc3)cc2)NC(=O)N[C@@]1(O)C(F)(F)F. The van der Waals surface area contributed by atoms with Gasteiger partial charge in [-0.15, -0.1) is 0 Å². The molecule has 3 rings (SSSR count). The molecule has 2 amide bonds. The first kappa shape index (κ1) is 22.4. The van der Waals surface area contributed by atoms with Crippen molar-refractivity contribution in [3.05, 3.63) is 65.7 Å². The van der Waals surface area contributed by atoms with Crippen molar-refractivity contribution >= 4 is 12.0 Å². The molecule has 1 saturated heterocycles. The summed E-state index contributed by atoms with van der Waals surface area (Å²) in [5, 5.41) is 14.0. The van der Waals surface area contributed by atoms with Crippen LogP contribution >= 0.6 is 0 Å². The van der Waals surface area contributed by atoms with Gasteiger partial charge in [0.05, 0.1) is 12.6 Å². The summed E-state index contributed by atoms with van der Waals surface area (Å²) in [6.07, 6.45) is -5.32. The van der Waals surface area contributed by atoms with Gasteiger partial charge >= 0.3 is 18.2 Å². The topological polar surface area (TPSA) is 96.9 Å². The van der Waals surface area contributed by atoms with E-state index in [1.165, 1.54) is 36.5 Å². The zero-order valence-electron chi connectivity index (χ0n) is 16.5. The first-order valence-corrected chi connectivity index (χ1v) is 9.47. The minimum Gasteiger partial charge on any atom is -0.489 e. The molecule has 3 N–H and O–H groups in total. The average Bonchev–Trinajstić information content (AvgIpc) is 2.72. The summed E-state index contributed by atoms with van der Waals surface area (Å²) in [5.74, 6) is -3.03. The van der Waals surface area contributed by atoms with Crippen LogP contribution < -0.4 is 15.4 Å². The standard InChI is InChI=1S/C21H21F3N2O5/c1-2-30-18(27)16-17(25-19(28)26-20(16,29)21(22,23)24)14-8-10-15(11-9-14)31-12-13-6-4-3-5-7-13/h3-11,16-17,29H,2,12H2,1H3,(H2,25,26,28)/t16-,17+,20+/m1/s1. The lowest BCUT2D eigenvalue weighted by atomic mass is 9.82. The Hall–Kier alpha value is -3.27. The Bertz CT molecular complexity index is 921. The summed E-state index contributed by atoms with van der Waals surface area (Å²) in [4.78, 5) is 24.3.